The van der Waals surface area contributed by atoms with Gasteiger partial charge in [-0.05, 0) is 24.6 Å². The van der Waals surface area contributed by atoms with Crippen LogP contribution < -0.4 is 14.2 Å². The van der Waals surface area contributed by atoms with Crippen LogP contribution >= 0.6 is 0 Å². The number of hydrogen-bond donors (Lipinski definition) is 1. The average Bonchev–Trinajstić information content (AvgIpc) is 3.03. The fourth-order valence-electron chi connectivity index (χ4n) is 2.81. The van der Waals surface area contributed by atoms with Crippen LogP contribution in [0.1, 0.15) is 23.9 Å². The molecule has 7 nitrogen and oxygen atoms in total. The number of nitrogens with zero attached hydrogens (tertiary/aromatic N) is 2. The monoisotopic (exact) mass is 355 g/mol. The molecule has 0 aliphatic rings. The van der Waals surface area contributed by atoms with Gasteiger partial charge in [-0.2, -0.15) is 5.26 Å². The summed E-state index contributed by atoms with van der Waals surface area (Å²) in [5.74, 6) is 1.47. The number of nitrogens with one attached hydrogen (secondary N) is 1. The zero-order valence-electron chi connectivity index (χ0n) is 15.5. The van der Waals surface area contributed by atoms with Crippen molar-refractivity contribution in [3.05, 3.63) is 35.7 Å². The first-order chi connectivity index (χ1) is 12.5. The van der Waals surface area contributed by atoms with Crippen molar-refractivity contribution in [2.75, 3.05) is 28.4 Å². The first kappa shape index (κ1) is 18.9. The normalized spacial score (nSPS) is 10.5. The van der Waals surface area contributed by atoms with E-state index in [4.69, 9.17) is 19.0 Å². The maximum Gasteiger partial charge on any atom is 0.203 e. The minimum atomic E-state index is 0.377. The van der Waals surface area contributed by atoms with Crippen molar-refractivity contribution >= 4 is 11.8 Å². The molecule has 2 rings (SSSR count). The number of benzene rings is 1. The highest BCUT2D eigenvalue weighted by molar-refractivity contribution is 5.98. The molecule has 1 N–H and O–H groups in total. The van der Waals surface area contributed by atoms with Crippen molar-refractivity contribution in [2.24, 2.45) is 5.16 Å². The smallest absolute Gasteiger partial charge is 0.203 e. The minimum Gasteiger partial charge on any atom is -0.493 e. The standard InChI is InChI=1S/C19H21N3O4/c1-11(2)16-13(9-20)22-14(10-21-26-6)17(16)12-7-8-15(23-3)19(25-5)18(12)24-4/h7-8,10,22H,1H2,2-6H3/b21-10+. The Morgan fingerprint density at radius 1 is 1.15 bits per heavy atom. The molecule has 0 aliphatic heterocycles. The van der Waals surface area contributed by atoms with E-state index < -0.39 is 0 Å². The summed E-state index contributed by atoms with van der Waals surface area (Å²) in [6.07, 6.45) is 1.50. The molecule has 0 unspecified atom stereocenters. The zero-order valence-corrected chi connectivity index (χ0v) is 15.5. The van der Waals surface area contributed by atoms with Crippen LogP contribution in [-0.4, -0.2) is 39.6 Å². The van der Waals surface area contributed by atoms with Gasteiger partial charge in [0.25, 0.3) is 0 Å². The van der Waals surface area contributed by atoms with E-state index >= 15 is 0 Å². The lowest BCUT2D eigenvalue weighted by molar-refractivity contribution is 0.215. The Morgan fingerprint density at radius 2 is 1.85 bits per heavy atom. The number of aromatic nitrogens is 1. The fraction of sp³-hybridized carbons (Fsp3) is 0.263. The highest BCUT2D eigenvalue weighted by Crippen LogP contribution is 2.47. The molecule has 0 atom stereocenters. The van der Waals surface area contributed by atoms with Gasteiger partial charge >= 0.3 is 0 Å². The molecular weight excluding hydrogens is 334 g/mol. The predicted molar refractivity (Wildman–Crippen MR) is 99.9 cm³/mol. The zero-order chi connectivity index (χ0) is 19.3. The molecular formula is C19H21N3O4. The number of methoxy groups -OCH3 is 3. The van der Waals surface area contributed by atoms with E-state index in [2.05, 4.69) is 22.8 Å². The Labute approximate surface area is 152 Å². The van der Waals surface area contributed by atoms with Crippen LogP contribution in [0.2, 0.25) is 0 Å². The summed E-state index contributed by atoms with van der Waals surface area (Å²) in [4.78, 5) is 7.84. The average molecular weight is 355 g/mol. The van der Waals surface area contributed by atoms with Crippen molar-refractivity contribution in [2.45, 2.75) is 6.92 Å². The minimum absolute atomic E-state index is 0.377. The molecule has 0 fully saturated rings. The number of hydrogen-bond acceptors (Lipinski definition) is 6. The van der Waals surface area contributed by atoms with E-state index in [-0.39, 0.29) is 0 Å². The van der Waals surface area contributed by atoms with Crippen LogP contribution in [0.3, 0.4) is 0 Å². The first-order valence-corrected chi connectivity index (χ1v) is 7.71. The molecule has 1 aromatic heterocycles. The summed E-state index contributed by atoms with van der Waals surface area (Å²) >= 11 is 0. The lowest BCUT2D eigenvalue weighted by atomic mass is 9.95. The maximum absolute atomic E-state index is 9.51. The Balaban J connectivity index is 2.91. The van der Waals surface area contributed by atoms with Gasteiger partial charge in [0.2, 0.25) is 5.75 Å². The Bertz CT molecular complexity index is 891. The molecule has 0 saturated carbocycles. The second-order valence-corrected chi connectivity index (χ2v) is 5.35. The molecule has 7 heteroatoms. The largest absolute Gasteiger partial charge is 0.493 e. The molecule has 1 aromatic carbocycles. The number of H-pyrrole nitrogens is 1. The second-order valence-electron chi connectivity index (χ2n) is 5.35. The Hall–Kier alpha value is -3.40. The van der Waals surface area contributed by atoms with Gasteiger partial charge in [-0.3, -0.25) is 0 Å². The van der Waals surface area contributed by atoms with Gasteiger partial charge in [0.1, 0.15) is 18.9 Å². The fourth-order valence-corrected chi connectivity index (χ4v) is 2.81. The van der Waals surface area contributed by atoms with E-state index in [1.165, 1.54) is 20.4 Å². The van der Waals surface area contributed by atoms with Gasteiger partial charge in [0.05, 0.1) is 33.2 Å². The van der Waals surface area contributed by atoms with Gasteiger partial charge in [-0.1, -0.05) is 11.7 Å². The molecule has 0 bridgehead atoms. The van der Waals surface area contributed by atoms with Crippen molar-refractivity contribution in [1.82, 2.24) is 4.98 Å². The SMILES string of the molecule is C=C(C)c1c(C#N)[nH]c(/C=N/OC)c1-c1ccc(OC)c(OC)c1OC. The second kappa shape index (κ2) is 8.12. The molecule has 0 amide bonds. The maximum atomic E-state index is 9.51. The molecule has 26 heavy (non-hydrogen) atoms. The molecule has 0 aliphatic carbocycles. The number of nitriles is 1. The highest BCUT2D eigenvalue weighted by Gasteiger charge is 2.25. The predicted octanol–water partition coefficient (Wildman–Crippen LogP) is 3.59. The third-order valence-corrected chi connectivity index (χ3v) is 3.83. The van der Waals surface area contributed by atoms with E-state index in [0.29, 0.717) is 45.3 Å². The summed E-state index contributed by atoms with van der Waals surface area (Å²) in [5, 5.41) is 13.3. The quantitative estimate of drug-likeness (QED) is 0.605. The summed E-state index contributed by atoms with van der Waals surface area (Å²) in [6.45, 7) is 5.83. The van der Waals surface area contributed by atoms with Gasteiger partial charge in [0.15, 0.2) is 11.5 Å². The van der Waals surface area contributed by atoms with Crippen molar-refractivity contribution in [3.8, 4) is 34.4 Å². The lowest BCUT2D eigenvalue weighted by Crippen LogP contribution is -1.98. The summed E-state index contributed by atoms with van der Waals surface area (Å²) in [5.41, 5.74) is 3.79. The van der Waals surface area contributed by atoms with Crippen LogP contribution in [0.15, 0.2) is 23.9 Å². The van der Waals surface area contributed by atoms with Crippen LogP contribution in [0.25, 0.3) is 16.7 Å². The van der Waals surface area contributed by atoms with E-state index in [1.807, 2.05) is 13.0 Å². The molecule has 2 aromatic rings. The number of allylic oxidation sites excluding steroid dienone is 1. The van der Waals surface area contributed by atoms with Crippen molar-refractivity contribution < 1.29 is 19.0 Å². The van der Waals surface area contributed by atoms with Crippen LogP contribution in [0.5, 0.6) is 17.2 Å². The molecule has 0 saturated heterocycles. The van der Waals surface area contributed by atoms with Crippen molar-refractivity contribution in [3.63, 3.8) is 0 Å². The van der Waals surface area contributed by atoms with Crippen LogP contribution in [0, 0.1) is 11.3 Å². The van der Waals surface area contributed by atoms with Crippen molar-refractivity contribution in [1.29, 1.82) is 5.26 Å². The van der Waals surface area contributed by atoms with E-state index in [9.17, 15) is 5.26 Å². The first-order valence-electron chi connectivity index (χ1n) is 7.71. The Morgan fingerprint density at radius 3 is 2.35 bits per heavy atom. The van der Waals surface area contributed by atoms with E-state index in [1.54, 1.807) is 20.3 Å². The summed E-state index contributed by atoms with van der Waals surface area (Å²) in [7, 11) is 6.08. The number of oxime groups is 1. The van der Waals surface area contributed by atoms with Gasteiger partial charge in [-0.25, -0.2) is 0 Å². The van der Waals surface area contributed by atoms with Crippen LogP contribution in [0.4, 0.5) is 0 Å². The van der Waals surface area contributed by atoms with Crippen LogP contribution in [-0.2, 0) is 4.84 Å². The molecule has 0 radical (unpaired) electrons. The summed E-state index contributed by atoms with van der Waals surface area (Å²) in [6, 6.07) is 5.76. The molecule has 0 spiro atoms. The molecule has 136 valence electrons. The van der Waals surface area contributed by atoms with E-state index in [0.717, 1.165) is 5.57 Å². The number of rotatable bonds is 7. The topological polar surface area (TPSA) is 88.9 Å². The lowest BCUT2D eigenvalue weighted by Gasteiger charge is -2.17. The Kier molecular flexibility index (Phi) is 5.91. The van der Waals surface area contributed by atoms with Gasteiger partial charge in [0, 0.05) is 16.7 Å². The third-order valence-electron chi connectivity index (χ3n) is 3.83. The highest BCUT2D eigenvalue weighted by atomic mass is 16.6. The summed E-state index contributed by atoms with van der Waals surface area (Å²) < 4.78 is 16.4. The van der Waals surface area contributed by atoms with Gasteiger partial charge < -0.3 is 24.0 Å². The third kappa shape index (κ3) is 3.22. The number of ether oxygens (including phenoxy) is 3. The van der Waals surface area contributed by atoms with Gasteiger partial charge in [-0.15, -0.1) is 0 Å². The molecule has 1 heterocycles. The number of aromatic amines is 1.